The van der Waals surface area contributed by atoms with E-state index in [1.54, 1.807) is 6.20 Å². The average Bonchev–Trinajstić information content (AvgIpc) is 2.69. The van der Waals surface area contributed by atoms with Gasteiger partial charge in [0, 0.05) is 18.7 Å². The van der Waals surface area contributed by atoms with Crippen LogP contribution in [-0.4, -0.2) is 22.6 Å². The molecule has 0 aliphatic rings. The lowest BCUT2D eigenvalue weighted by Crippen LogP contribution is -2.20. The van der Waals surface area contributed by atoms with Crippen LogP contribution in [-0.2, 0) is 4.79 Å². The van der Waals surface area contributed by atoms with E-state index in [1.165, 1.54) is 0 Å². The summed E-state index contributed by atoms with van der Waals surface area (Å²) in [5.74, 6) is -0.225. The molecule has 0 bridgehead atoms. The third-order valence-electron chi connectivity index (χ3n) is 2.29. The van der Waals surface area contributed by atoms with Crippen molar-refractivity contribution in [1.82, 2.24) is 15.5 Å². The van der Waals surface area contributed by atoms with Crippen molar-refractivity contribution in [3.63, 3.8) is 0 Å². The molecule has 1 atom stereocenters. The van der Waals surface area contributed by atoms with Gasteiger partial charge in [-0.2, -0.15) is 5.10 Å². The van der Waals surface area contributed by atoms with Gasteiger partial charge in [0.1, 0.15) is 0 Å². The topological polar surface area (TPSA) is 83.8 Å². The largest absolute Gasteiger partial charge is 0.370 e. The van der Waals surface area contributed by atoms with Gasteiger partial charge in [0.05, 0.1) is 5.69 Å². The molecule has 0 radical (unpaired) electrons. The molecule has 5 heteroatoms. The minimum atomic E-state index is -0.225. The Balaban J connectivity index is 2.08. The summed E-state index contributed by atoms with van der Waals surface area (Å²) in [6.07, 6.45) is 4.01. The van der Waals surface area contributed by atoms with Crippen LogP contribution in [0.25, 0.3) is 0 Å². The van der Waals surface area contributed by atoms with Crippen LogP contribution in [0.3, 0.4) is 0 Å². The lowest BCUT2D eigenvalue weighted by Gasteiger charge is -2.11. The number of hydrogen-bond donors (Lipinski definition) is 3. The molecule has 15 heavy (non-hydrogen) atoms. The third-order valence-corrected chi connectivity index (χ3v) is 2.29. The van der Waals surface area contributed by atoms with Gasteiger partial charge < -0.3 is 11.1 Å². The number of H-pyrrole nitrogens is 1. The summed E-state index contributed by atoms with van der Waals surface area (Å²) in [5, 5.41) is 10.1. The van der Waals surface area contributed by atoms with Crippen LogP contribution in [0.1, 0.15) is 37.9 Å². The second kappa shape index (κ2) is 6.19. The van der Waals surface area contributed by atoms with Crippen molar-refractivity contribution in [1.29, 1.82) is 0 Å². The van der Waals surface area contributed by atoms with Gasteiger partial charge in [0.25, 0.3) is 0 Å². The van der Waals surface area contributed by atoms with Crippen LogP contribution in [0.5, 0.6) is 0 Å². The summed E-state index contributed by atoms with van der Waals surface area (Å²) in [6.45, 7) is 2.95. The summed E-state index contributed by atoms with van der Waals surface area (Å²) < 4.78 is 0. The van der Waals surface area contributed by atoms with Gasteiger partial charge in [0.15, 0.2) is 0 Å². The SMILES string of the molecule is CC(NCCCCC(N)=O)c1ccn[nH]1. The van der Waals surface area contributed by atoms with Crippen LogP contribution < -0.4 is 11.1 Å². The van der Waals surface area contributed by atoms with Gasteiger partial charge in [-0.1, -0.05) is 0 Å². The fourth-order valence-electron chi connectivity index (χ4n) is 1.36. The Hall–Kier alpha value is -1.36. The lowest BCUT2D eigenvalue weighted by atomic mass is 10.2. The molecule has 1 rings (SSSR count). The van der Waals surface area contributed by atoms with E-state index in [4.69, 9.17) is 5.73 Å². The molecular formula is C10H18N4O. The van der Waals surface area contributed by atoms with Crippen molar-refractivity contribution in [2.24, 2.45) is 5.73 Å². The van der Waals surface area contributed by atoms with Gasteiger partial charge in [-0.15, -0.1) is 0 Å². The number of hydrogen-bond acceptors (Lipinski definition) is 3. The van der Waals surface area contributed by atoms with Crippen LogP contribution >= 0.6 is 0 Å². The van der Waals surface area contributed by atoms with Crippen molar-refractivity contribution < 1.29 is 4.79 Å². The Morgan fingerprint density at radius 2 is 2.47 bits per heavy atom. The third kappa shape index (κ3) is 4.60. The van der Waals surface area contributed by atoms with Crippen molar-refractivity contribution >= 4 is 5.91 Å². The maximum Gasteiger partial charge on any atom is 0.217 e. The number of carbonyl (C=O) groups excluding carboxylic acids is 1. The highest BCUT2D eigenvalue weighted by Crippen LogP contribution is 2.07. The standard InChI is InChI=1S/C10H18N4O/c1-8(9-5-7-13-14-9)12-6-3-2-4-10(11)15/h5,7-8,12H,2-4,6H2,1H3,(H2,11,15)(H,13,14). The average molecular weight is 210 g/mol. The second-order valence-corrected chi connectivity index (χ2v) is 3.61. The number of carbonyl (C=O) groups is 1. The zero-order chi connectivity index (χ0) is 11.1. The van der Waals surface area contributed by atoms with Gasteiger partial charge in [0.2, 0.25) is 5.91 Å². The van der Waals surface area contributed by atoms with Gasteiger partial charge >= 0.3 is 0 Å². The second-order valence-electron chi connectivity index (χ2n) is 3.61. The molecule has 0 saturated heterocycles. The number of unbranched alkanes of at least 4 members (excludes halogenated alkanes) is 1. The van der Waals surface area contributed by atoms with Crippen molar-refractivity contribution in [3.05, 3.63) is 18.0 Å². The summed E-state index contributed by atoms with van der Waals surface area (Å²) >= 11 is 0. The molecule has 1 aromatic rings. The van der Waals surface area contributed by atoms with E-state index in [0.717, 1.165) is 25.1 Å². The van der Waals surface area contributed by atoms with E-state index >= 15 is 0 Å². The molecule has 0 spiro atoms. The molecule has 0 aromatic carbocycles. The van der Waals surface area contributed by atoms with E-state index in [1.807, 2.05) is 6.07 Å². The van der Waals surface area contributed by atoms with Crippen LogP contribution in [0.4, 0.5) is 0 Å². The number of aromatic amines is 1. The predicted molar refractivity (Wildman–Crippen MR) is 58.1 cm³/mol. The maximum atomic E-state index is 10.5. The first kappa shape index (κ1) is 11.7. The zero-order valence-corrected chi connectivity index (χ0v) is 8.99. The molecule has 0 aliphatic heterocycles. The maximum absolute atomic E-state index is 10.5. The molecule has 1 aromatic heterocycles. The van der Waals surface area contributed by atoms with E-state index in [9.17, 15) is 4.79 Å². The van der Waals surface area contributed by atoms with Crippen LogP contribution in [0, 0.1) is 0 Å². The zero-order valence-electron chi connectivity index (χ0n) is 8.99. The summed E-state index contributed by atoms with van der Waals surface area (Å²) in [6, 6.07) is 2.21. The highest BCUT2D eigenvalue weighted by Gasteiger charge is 2.04. The smallest absolute Gasteiger partial charge is 0.217 e. The summed E-state index contributed by atoms with van der Waals surface area (Å²) in [5.41, 5.74) is 6.11. The van der Waals surface area contributed by atoms with Crippen LogP contribution in [0.15, 0.2) is 12.3 Å². The summed E-state index contributed by atoms with van der Waals surface area (Å²) in [4.78, 5) is 10.5. The molecule has 1 amide bonds. The first-order valence-electron chi connectivity index (χ1n) is 5.21. The Labute approximate surface area is 89.4 Å². The van der Waals surface area contributed by atoms with Crippen molar-refractivity contribution in [3.8, 4) is 0 Å². The number of aromatic nitrogens is 2. The number of nitrogens with one attached hydrogen (secondary N) is 2. The van der Waals surface area contributed by atoms with Gasteiger partial charge in [-0.3, -0.25) is 9.89 Å². The minimum Gasteiger partial charge on any atom is -0.370 e. The lowest BCUT2D eigenvalue weighted by molar-refractivity contribution is -0.118. The highest BCUT2D eigenvalue weighted by molar-refractivity contribution is 5.73. The first-order valence-corrected chi connectivity index (χ1v) is 5.21. The van der Waals surface area contributed by atoms with Crippen molar-refractivity contribution in [2.45, 2.75) is 32.2 Å². The number of amides is 1. The molecule has 1 heterocycles. The van der Waals surface area contributed by atoms with E-state index in [2.05, 4.69) is 22.4 Å². The number of nitrogens with two attached hydrogens (primary N) is 1. The quantitative estimate of drug-likeness (QED) is 0.580. The Bertz CT molecular complexity index is 284. The molecule has 0 aliphatic carbocycles. The minimum absolute atomic E-state index is 0.225. The summed E-state index contributed by atoms with van der Waals surface area (Å²) in [7, 11) is 0. The van der Waals surface area contributed by atoms with Gasteiger partial charge in [-0.25, -0.2) is 0 Å². The van der Waals surface area contributed by atoms with Gasteiger partial charge in [-0.05, 0) is 32.4 Å². The molecule has 1 unspecified atom stereocenters. The number of nitrogens with zero attached hydrogens (tertiary/aromatic N) is 1. The number of primary amides is 1. The highest BCUT2D eigenvalue weighted by atomic mass is 16.1. The molecule has 5 nitrogen and oxygen atoms in total. The molecular weight excluding hydrogens is 192 g/mol. The first-order chi connectivity index (χ1) is 7.20. The van der Waals surface area contributed by atoms with Crippen molar-refractivity contribution in [2.75, 3.05) is 6.54 Å². The van der Waals surface area contributed by atoms with Crippen LogP contribution in [0.2, 0.25) is 0 Å². The fourth-order valence-corrected chi connectivity index (χ4v) is 1.36. The Kier molecular flexibility index (Phi) is 4.83. The van der Waals surface area contributed by atoms with E-state index < -0.39 is 0 Å². The number of rotatable bonds is 7. The fraction of sp³-hybridized carbons (Fsp3) is 0.600. The Morgan fingerprint density at radius 1 is 1.67 bits per heavy atom. The monoisotopic (exact) mass is 210 g/mol. The van der Waals surface area contributed by atoms with E-state index in [-0.39, 0.29) is 11.9 Å². The molecule has 0 saturated carbocycles. The Morgan fingerprint density at radius 3 is 3.07 bits per heavy atom. The normalized spacial score (nSPS) is 12.6. The molecule has 0 fully saturated rings. The molecule has 84 valence electrons. The predicted octanol–water partition coefficient (Wildman–Crippen LogP) is 0.716. The van der Waals surface area contributed by atoms with E-state index in [0.29, 0.717) is 6.42 Å². The molecule has 4 N–H and O–H groups in total.